The SMILES string of the molecule is CNCc1cccc(C)c1OCc1nonc1C. The monoisotopic (exact) mass is 247 g/mol. The maximum Gasteiger partial charge on any atom is 0.145 e. The molecule has 0 fully saturated rings. The van der Waals surface area contributed by atoms with Gasteiger partial charge in [-0.1, -0.05) is 28.5 Å². The first-order chi connectivity index (χ1) is 8.72. The molecule has 0 bridgehead atoms. The second kappa shape index (κ2) is 5.64. The average molecular weight is 247 g/mol. The van der Waals surface area contributed by atoms with E-state index in [0.29, 0.717) is 6.61 Å². The van der Waals surface area contributed by atoms with Crippen molar-refractivity contribution in [3.8, 4) is 5.75 Å². The zero-order valence-corrected chi connectivity index (χ0v) is 10.9. The van der Waals surface area contributed by atoms with Gasteiger partial charge in [0.2, 0.25) is 0 Å². The first kappa shape index (κ1) is 12.6. The maximum atomic E-state index is 5.84. The highest BCUT2D eigenvalue weighted by atomic mass is 16.6. The second-order valence-corrected chi connectivity index (χ2v) is 4.18. The summed E-state index contributed by atoms with van der Waals surface area (Å²) in [6, 6.07) is 6.10. The fourth-order valence-corrected chi connectivity index (χ4v) is 1.77. The molecular formula is C13H17N3O2. The molecule has 96 valence electrons. The van der Waals surface area contributed by atoms with Gasteiger partial charge in [-0.3, -0.25) is 0 Å². The minimum atomic E-state index is 0.372. The number of nitrogens with zero attached hydrogens (tertiary/aromatic N) is 2. The molecule has 1 aromatic heterocycles. The van der Waals surface area contributed by atoms with Gasteiger partial charge in [-0.05, 0) is 26.5 Å². The van der Waals surface area contributed by atoms with E-state index in [-0.39, 0.29) is 0 Å². The molecule has 0 aliphatic carbocycles. The third kappa shape index (κ3) is 2.68. The summed E-state index contributed by atoms with van der Waals surface area (Å²) < 4.78 is 10.5. The standard InChI is InChI=1S/C13H17N3O2/c1-9-5-4-6-11(7-14-3)13(9)17-8-12-10(2)15-18-16-12/h4-6,14H,7-8H2,1-3H3. The molecule has 18 heavy (non-hydrogen) atoms. The molecule has 2 rings (SSSR count). The van der Waals surface area contributed by atoms with Crippen molar-refractivity contribution in [1.82, 2.24) is 15.6 Å². The first-order valence-corrected chi connectivity index (χ1v) is 5.86. The summed E-state index contributed by atoms with van der Waals surface area (Å²) in [6.45, 7) is 5.02. The predicted molar refractivity (Wildman–Crippen MR) is 67.3 cm³/mol. The molecule has 0 saturated heterocycles. The van der Waals surface area contributed by atoms with E-state index in [9.17, 15) is 0 Å². The van der Waals surface area contributed by atoms with Crippen LogP contribution >= 0.6 is 0 Å². The molecule has 0 saturated carbocycles. The topological polar surface area (TPSA) is 60.2 Å². The van der Waals surface area contributed by atoms with Gasteiger partial charge in [-0.25, -0.2) is 4.63 Å². The normalized spacial score (nSPS) is 10.6. The van der Waals surface area contributed by atoms with Crippen LogP contribution < -0.4 is 10.1 Å². The van der Waals surface area contributed by atoms with E-state index in [1.165, 1.54) is 0 Å². The summed E-state index contributed by atoms with van der Waals surface area (Å²) in [6.07, 6.45) is 0. The third-order valence-corrected chi connectivity index (χ3v) is 2.76. The van der Waals surface area contributed by atoms with Crippen molar-refractivity contribution in [2.75, 3.05) is 7.05 Å². The lowest BCUT2D eigenvalue weighted by molar-refractivity contribution is 0.267. The van der Waals surface area contributed by atoms with Crippen LogP contribution in [0.15, 0.2) is 22.8 Å². The van der Waals surface area contributed by atoms with E-state index in [2.05, 4.69) is 20.3 Å². The second-order valence-electron chi connectivity index (χ2n) is 4.18. The zero-order valence-electron chi connectivity index (χ0n) is 10.9. The van der Waals surface area contributed by atoms with Crippen LogP contribution in [0.1, 0.15) is 22.5 Å². The molecule has 0 atom stereocenters. The van der Waals surface area contributed by atoms with Crippen LogP contribution in [0.4, 0.5) is 0 Å². The van der Waals surface area contributed by atoms with E-state index in [1.54, 1.807) is 0 Å². The third-order valence-electron chi connectivity index (χ3n) is 2.76. The molecule has 1 aromatic carbocycles. The smallest absolute Gasteiger partial charge is 0.145 e. The maximum absolute atomic E-state index is 5.84. The average Bonchev–Trinajstić information content (AvgIpc) is 2.75. The number of aromatic nitrogens is 2. The number of hydrogen-bond acceptors (Lipinski definition) is 5. The Labute approximate surface area is 106 Å². The Morgan fingerprint density at radius 2 is 2.11 bits per heavy atom. The van der Waals surface area contributed by atoms with Gasteiger partial charge in [-0.2, -0.15) is 0 Å². The molecular weight excluding hydrogens is 230 g/mol. The molecule has 0 spiro atoms. The van der Waals surface area contributed by atoms with Crippen molar-refractivity contribution in [3.63, 3.8) is 0 Å². The highest BCUT2D eigenvalue weighted by Crippen LogP contribution is 2.24. The summed E-state index contributed by atoms with van der Waals surface area (Å²) in [5.41, 5.74) is 3.73. The molecule has 0 amide bonds. The Kier molecular flexibility index (Phi) is 3.94. The Balaban J connectivity index is 2.15. The summed E-state index contributed by atoms with van der Waals surface area (Å²) >= 11 is 0. The fourth-order valence-electron chi connectivity index (χ4n) is 1.77. The molecule has 1 N–H and O–H groups in total. The number of hydrogen-bond donors (Lipinski definition) is 1. The molecule has 1 heterocycles. The van der Waals surface area contributed by atoms with Crippen LogP contribution in [0, 0.1) is 13.8 Å². The van der Waals surface area contributed by atoms with Crippen LogP contribution in [0.25, 0.3) is 0 Å². The van der Waals surface area contributed by atoms with Gasteiger partial charge in [0.15, 0.2) is 0 Å². The Hall–Kier alpha value is -1.88. The number of ether oxygens (including phenoxy) is 1. The van der Waals surface area contributed by atoms with Crippen LogP contribution in [-0.4, -0.2) is 17.4 Å². The largest absolute Gasteiger partial charge is 0.486 e. The number of nitrogens with one attached hydrogen (secondary N) is 1. The number of aryl methyl sites for hydroxylation is 2. The molecule has 0 radical (unpaired) electrons. The lowest BCUT2D eigenvalue weighted by Gasteiger charge is -2.13. The fraction of sp³-hybridized carbons (Fsp3) is 0.385. The van der Waals surface area contributed by atoms with E-state index < -0.39 is 0 Å². The summed E-state index contributed by atoms with van der Waals surface area (Å²) in [4.78, 5) is 0. The van der Waals surface area contributed by atoms with E-state index in [0.717, 1.165) is 34.8 Å². The molecule has 5 nitrogen and oxygen atoms in total. The number of rotatable bonds is 5. The summed E-state index contributed by atoms with van der Waals surface area (Å²) in [5.74, 6) is 0.897. The van der Waals surface area contributed by atoms with Gasteiger partial charge in [-0.15, -0.1) is 0 Å². The number of benzene rings is 1. The Morgan fingerprint density at radius 3 is 2.78 bits per heavy atom. The van der Waals surface area contributed by atoms with Gasteiger partial charge < -0.3 is 10.1 Å². The molecule has 0 unspecified atom stereocenters. The highest BCUT2D eigenvalue weighted by Gasteiger charge is 2.10. The molecule has 2 aromatic rings. The van der Waals surface area contributed by atoms with Gasteiger partial charge >= 0.3 is 0 Å². The first-order valence-electron chi connectivity index (χ1n) is 5.86. The van der Waals surface area contributed by atoms with Crippen LogP contribution in [0.2, 0.25) is 0 Å². The van der Waals surface area contributed by atoms with Crippen molar-refractivity contribution in [1.29, 1.82) is 0 Å². The minimum Gasteiger partial charge on any atom is -0.486 e. The Bertz CT molecular complexity index is 523. The van der Waals surface area contributed by atoms with E-state index >= 15 is 0 Å². The lowest BCUT2D eigenvalue weighted by Crippen LogP contribution is -2.08. The predicted octanol–water partition coefficient (Wildman–Crippen LogP) is 1.98. The van der Waals surface area contributed by atoms with Crippen LogP contribution in [0.5, 0.6) is 5.75 Å². The zero-order chi connectivity index (χ0) is 13.0. The summed E-state index contributed by atoms with van der Waals surface area (Å²) in [7, 11) is 1.91. The van der Waals surface area contributed by atoms with E-state index in [1.807, 2.05) is 39.1 Å². The van der Waals surface area contributed by atoms with Gasteiger partial charge in [0, 0.05) is 12.1 Å². The highest BCUT2D eigenvalue weighted by molar-refractivity contribution is 5.40. The summed E-state index contributed by atoms with van der Waals surface area (Å²) in [5, 5.41) is 10.7. The van der Waals surface area contributed by atoms with Crippen molar-refractivity contribution < 1.29 is 9.37 Å². The van der Waals surface area contributed by atoms with Crippen LogP contribution in [-0.2, 0) is 13.2 Å². The number of para-hydroxylation sites is 1. The van der Waals surface area contributed by atoms with E-state index in [4.69, 9.17) is 4.74 Å². The quantitative estimate of drug-likeness (QED) is 0.875. The van der Waals surface area contributed by atoms with Gasteiger partial charge in [0.1, 0.15) is 23.7 Å². The van der Waals surface area contributed by atoms with Crippen molar-refractivity contribution in [2.45, 2.75) is 27.0 Å². The molecule has 0 aliphatic heterocycles. The molecule has 0 aliphatic rings. The minimum absolute atomic E-state index is 0.372. The van der Waals surface area contributed by atoms with Crippen LogP contribution in [0.3, 0.4) is 0 Å². The van der Waals surface area contributed by atoms with Crippen molar-refractivity contribution in [3.05, 3.63) is 40.7 Å². The van der Waals surface area contributed by atoms with Gasteiger partial charge in [0.05, 0.1) is 0 Å². The lowest BCUT2D eigenvalue weighted by atomic mass is 10.1. The molecule has 5 heteroatoms. The van der Waals surface area contributed by atoms with Crippen molar-refractivity contribution >= 4 is 0 Å². The van der Waals surface area contributed by atoms with Crippen molar-refractivity contribution in [2.24, 2.45) is 0 Å². The Morgan fingerprint density at radius 1 is 1.28 bits per heavy atom. The van der Waals surface area contributed by atoms with Gasteiger partial charge in [0.25, 0.3) is 0 Å².